The number of ether oxygens (including phenoxy) is 4. The monoisotopic (exact) mass is 314 g/mol. The van der Waals surface area contributed by atoms with E-state index in [0.717, 1.165) is 5.56 Å². The molecule has 5 heteroatoms. The zero-order valence-corrected chi connectivity index (χ0v) is 11.4. The Morgan fingerprint density at radius 3 is 2.17 bits per heavy atom. The fourth-order valence-electron chi connectivity index (χ4n) is 2.13. The molecule has 98 valence electrons. The summed E-state index contributed by atoms with van der Waals surface area (Å²) in [6.07, 6.45) is -0.634. The minimum absolute atomic E-state index is 0.0562. The second-order valence-electron chi connectivity index (χ2n) is 4.34. The SMILES string of the molecule is BrCC1OCC2OC(c3ccccc3)OC2CO1. The second kappa shape index (κ2) is 5.67. The van der Waals surface area contributed by atoms with Crippen LogP contribution in [0.15, 0.2) is 30.3 Å². The van der Waals surface area contributed by atoms with E-state index < -0.39 is 0 Å². The summed E-state index contributed by atoms with van der Waals surface area (Å²) < 4.78 is 22.9. The van der Waals surface area contributed by atoms with Crippen LogP contribution >= 0.6 is 15.9 Å². The summed E-state index contributed by atoms with van der Waals surface area (Å²) in [6.45, 7) is 1.01. The highest BCUT2D eigenvalue weighted by molar-refractivity contribution is 9.09. The van der Waals surface area contributed by atoms with Crippen molar-refractivity contribution < 1.29 is 18.9 Å². The van der Waals surface area contributed by atoms with Gasteiger partial charge in [-0.05, 0) is 0 Å². The van der Waals surface area contributed by atoms with E-state index in [4.69, 9.17) is 18.9 Å². The zero-order valence-electron chi connectivity index (χ0n) is 9.83. The van der Waals surface area contributed by atoms with Crippen LogP contribution in [0.25, 0.3) is 0 Å². The molecule has 0 spiro atoms. The van der Waals surface area contributed by atoms with E-state index in [-0.39, 0.29) is 24.8 Å². The van der Waals surface area contributed by atoms with Crippen LogP contribution in [0.3, 0.4) is 0 Å². The number of hydrogen-bond acceptors (Lipinski definition) is 4. The standard InChI is InChI=1S/C13H15BrO4/c14-6-12-15-7-10-11(8-16-12)18-13(17-10)9-4-2-1-3-5-9/h1-5,10-13H,6-8H2. The predicted octanol–water partition coefficient (Wildman–Crippen LogP) is 2.24. The molecule has 2 saturated heterocycles. The molecule has 2 heterocycles. The predicted molar refractivity (Wildman–Crippen MR) is 68.4 cm³/mol. The molecule has 1 aromatic carbocycles. The fourth-order valence-corrected chi connectivity index (χ4v) is 2.50. The number of benzene rings is 1. The number of alkyl halides is 1. The number of hydrogen-bond donors (Lipinski definition) is 0. The Morgan fingerprint density at radius 2 is 1.61 bits per heavy atom. The van der Waals surface area contributed by atoms with Crippen LogP contribution in [0.1, 0.15) is 11.9 Å². The molecule has 0 bridgehead atoms. The lowest BCUT2D eigenvalue weighted by Gasteiger charge is -2.15. The molecule has 4 nitrogen and oxygen atoms in total. The van der Waals surface area contributed by atoms with Crippen molar-refractivity contribution in [1.29, 1.82) is 0 Å². The average Bonchev–Trinajstić information content (AvgIpc) is 2.74. The molecule has 2 atom stereocenters. The van der Waals surface area contributed by atoms with Crippen molar-refractivity contribution in [1.82, 2.24) is 0 Å². The van der Waals surface area contributed by atoms with Gasteiger partial charge in [-0.3, -0.25) is 0 Å². The number of rotatable bonds is 2. The van der Waals surface area contributed by atoms with Gasteiger partial charge in [0.05, 0.1) is 18.5 Å². The van der Waals surface area contributed by atoms with Gasteiger partial charge in [0, 0.05) is 5.56 Å². The first-order valence-electron chi connectivity index (χ1n) is 6.02. The summed E-state index contributed by atoms with van der Waals surface area (Å²) in [7, 11) is 0. The molecule has 0 aromatic heterocycles. The topological polar surface area (TPSA) is 36.9 Å². The maximum Gasteiger partial charge on any atom is 0.184 e. The van der Waals surface area contributed by atoms with Crippen molar-refractivity contribution in [3.63, 3.8) is 0 Å². The van der Waals surface area contributed by atoms with Gasteiger partial charge in [0.15, 0.2) is 12.6 Å². The van der Waals surface area contributed by atoms with Gasteiger partial charge in [-0.15, -0.1) is 0 Å². The van der Waals surface area contributed by atoms with Gasteiger partial charge < -0.3 is 18.9 Å². The summed E-state index contributed by atoms with van der Waals surface area (Å²) >= 11 is 3.34. The van der Waals surface area contributed by atoms with Gasteiger partial charge in [0.2, 0.25) is 0 Å². The first-order valence-corrected chi connectivity index (χ1v) is 7.14. The first kappa shape index (κ1) is 12.6. The highest BCUT2D eigenvalue weighted by Crippen LogP contribution is 2.33. The van der Waals surface area contributed by atoms with E-state index in [2.05, 4.69) is 15.9 Å². The van der Waals surface area contributed by atoms with Gasteiger partial charge in [0.25, 0.3) is 0 Å². The van der Waals surface area contributed by atoms with Crippen molar-refractivity contribution in [2.75, 3.05) is 18.5 Å². The minimum atomic E-state index is -0.311. The summed E-state index contributed by atoms with van der Waals surface area (Å²) in [4.78, 5) is 0. The molecule has 2 aliphatic rings. The number of fused-ring (bicyclic) bond motifs is 1. The Bertz CT molecular complexity index is 370. The van der Waals surface area contributed by atoms with Crippen molar-refractivity contribution in [2.24, 2.45) is 0 Å². The molecule has 2 aliphatic heterocycles. The van der Waals surface area contributed by atoms with Crippen LogP contribution < -0.4 is 0 Å². The lowest BCUT2D eigenvalue weighted by atomic mass is 10.2. The molecule has 0 amide bonds. The second-order valence-corrected chi connectivity index (χ2v) is 4.99. The van der Waals surface area contributed by atoms with Gasteiger partial charge >= 0.3 is 0 Å². The molecular formula is C13H15BrO4. The van der Waals surface area contributed by atoms with Crippen LogP contribution in [0.4, 0.5) is 0 Å². The third kappa shape index (κ3) is 2.60. The molecule has 3 rings (SSSR count). The van der Waals surface area contributed by atoms with E-state index in [9.17, 15) is 0 Å². The molecule has 2 fully saturated rings. The molecule has 0 radical (unpaired) electrons. The summed E-state index contributed by atoms with van der Waals surface area (Å²) in [5.41, 5.74) is 1.03. The normalized spacial score (nSPS) is 36.1. The Kier molecular flexibility index (Phi) is 3.96. The largest absolute Gasteiger partial charge is 0.349 e. The van der Waals surface area contributed by atoms with Crippen LogP contribution in [-0.4, -0.2) is 37.0 Å². The summed E-state index contributed by atoms with van der Waals surface area (Å²) in [5.74, 6) is 0. The van der Waals surface area contributed by atoms with Gasteiger partial charge in [0.1, 0.15) is 12.2 Å². The third-order valence-electron chi connectivity index (χ3n) is 3.10. The van der Waals surface area contributed by atoms with Crippen molar-refractivity contribution in [3.8, 4) is 0 Å². The van der Waals surface area contributed by atoms with E-state index >= 15 is 0 Å². The van der Waals surface area contributed by atoms with Crippen LogP contribution in [0.2, 0.25) is 0 Å². The van der Waals surface area contributed by atoms with Gasteiger partial charge in [-0.2, -0.15) is 0 Å². The Hall–Kier alpha value is -0.460. The van der Waals surface area contributed by atoms with E-state index in [1.165, 1.54) is 0 Å². The van der Waals surface area contributed by atoms with Crippen molar-refractivity contribution in [2.45, 2.75) is 24.8 Å². The highest BCUT2D eigenvalue weighted by atomic mass is 79.9. The molecule has 0 saturated carbocycles. The molecule has 2 unspecified atom stereocenters. The summed E-state index contributed by atoms with van der Waals surface area (Å²) in [6, 6.07) is 9.93. The average molecular weight is 315 g/mol. The van der Waals surface area contributed by atoms with Crippen LogP contribution in [0, 0.1) is 0 Å². The molecule has 1 aromatic rings. The van der Waals surface area contributed by atoms with Gasteiger partial charge in [-0.25, -0.2) is 0 Å². The molecular weight excluding hydrogens is 300 g/mol. The lowest BCUT2D eigenvalue weighted by molar-refractivity contribution is -0.153. The first-order chi connectivity index (χ1) is 8.86. The van der Waals surface area contributed by atoms with Crippen molar-refractivity contribution in [3.05, 3.63) is 35.9 Å². The highest BCUT2D eigenvalue weighted by Gasteiger charge is 2.39. The summed E-state index contributed by atoms with van der Waals surface area (Å²) in [5, 5.41) is 0.661. The van der Waals surface area contributed by atoms with Crippen LogP contribution in [0.5, 0.6) is 0 Å². The smallest absolute Gasteiger partial charge is 0.184 e. The van der Waals surface area contributed by atoms with E-state index in [1.54, 1.807) is 0 Å². The van der Waals surface area contributed by atoms with E-state index in [1.807, 2.05) is 30.3 Å². The Balaban J connectivity index is 1.66. The Morgan fingerprint density at radius 1 is 1.00 bits per heavy atom. The van der Waals surface area contributed by atoms with Crippen molar-refractivity contribution >= 4 is 15.9 Å². The quantitative estimate of drug-likeness (QED) is 0.785. The molecule has 0 N–H and O–H groups in total. The molecule has 0 aliphatic carbocycles. The fraction of sp³-hybridized carbons (Fsp3) is 0.538. The maximum absolute atomic E-state index is 5.88. The maximum atomic E-state index is 5.88. The number of halogens is 1. The van der Waals surface area contributed by atoms with Gasteiger partial charge in [-0.1, -0.05) is 46.3 Å². The third-order valence-corrected chi connectivity index (χ3v) is 3.63. The Labute approximate surface area is 114 Å². The zero-order chi connectivity index (χ0) is 12.4. The molecule has 18 heavy (non-hydrogen) atoms. The van der Waals surface area contributed by atoms with E-state index in [0.29, 0.717) is 18.5 Å². The van der Waals surface area contributed by atoms with Crippen LogP contribution in [-0.2, 0) is 18.9 Å². The minimum Gasteiger partial charge on any atom is -0.349 e. The lowest BCUT2D eigenvalue weighted by Crippen LogP contribution is -2.27.